The highest BCUT2D eigenvalue weighted by atomic mass is 35.5. The summed E-state index contributed by atoms with van der Waals surface area (Å²) in [5.41, 5.74) is 15.5. The number of primary amides is 3. The van der Waals surface area contributed by atoms with Crippen molar-refractivity contribution in [3.05, 3.63) is 174 Å². The summed E-state index contributed by atoms with van der Waals surface area (Å²) in [6, 6.07) is 21.6. The van der Waals surface area contributed by atoms with Crippen molar-refractivity contribution in [3.8, 4) is 0 Å². The van der Waals surface area contributed by atoms with Crippen LogP contribution in [0.4, 0.5) is 30.6 Å². The third-order valence-corrected chi connectivity index (χ3v) is 22.1. The van der Waals surface area contributed by atoms with E-state index in [-0.39, 0.29) is 115 Å². The lowest BCUT2D eigenvalue weighted by atomic mass is 9.32. The van der Waals surface area contributed by atoms with E-state index in [9.17, 15) is 56.3 Å². The maximum atomic E-state index is 14.6. The van der Waals surface area contributed by atoms with Crippen molar-refractivity contribution in [2.45, 2.75) is 103 Å². The fourth-order valence-electron chi connectivity index (χ4n) is 16.5. The number of benzene rings is 3. The first-order valence-electron chi connectivity index (χ1n) is 30.3. The molecule has 506 valence electrons. The van der Waals surface area contributed by atoms with Crippen molar-refractivity contribution in [2.24, 2.45) is 49.7 Å². The van der Waals surface area contributed by atoms with Crippen LogP contribution in [0.5, 0.6) is 0 Å². The Morgan fingerprint density at radius 2 is 0.608 bits per heavy atom. The van der Waals surface area contributed by atoms with Crippen molar-refractivity contribution in [2.75, 3.05) is 34.3 Å². The molecule has 6 N–H and O–H groups in total. The standard InChI is InChI=1S/3C22H19Cl2FN4O3.CH4/c3*23-13-3-1-12(2-4-13)7-28-16(30)8-29(18-15(25)5-14(24)6-27-18)19(31)17(28)21-9-22(10-21,11-21)20(26)32;/h3*1-6,17H,7-11H2,(H2,26,32);1H4/t2*17-,21?,22?;;/m10../s1. The lowest BCUT2D eigenvalue weighted by molar-refractivity contribution is -0.231. The third-order valence-electron chi connectivity index (χ3n) is 20.7. The Kier molecular flexibility index (Phi) is 17.7. The molecule has 9 aliphatic carbocycles. The zero-order valence-electron chi connectivity index (χ0n) is 50.6. The van der Waals surface area contributed by atoms with Gasteiger partial charge in [0.2, 0.25) is 35.4 Å². The Balaban J connectivity index is 0.000000138. The summed E-state index contributed by atoms with van der Waals surface area (Å²) < 4.78 is 43.7. The van der Waals surface area contributed by atoms with Gasteiger partial charge in [-0.25, -0.2) is 28.1 Å². The van der Waals surface area contributed by atoms with Gasteiger partial charge < -0.3 is 31.9 Å². The Bertz CT molecular complexity index is 3840. The molecule has 3 atom stereocenters. The summed E-state index contributed by atoms with van der Waals surface area (Å²) in [5.74, 6) is -6.50. The van der Waals surface area contributed by atoms with Crippen LogP contribution in [0.15, 0.2) is 110 Å². The fourth-order valence-corrected chi connectivity index (χ4v) is 17.3. The molecule has 21 nitrogen and oxygen atoms in total. The number of amides is 9. The normalized spacial score (nSPS) is 28.6. The number of nitrogens with zero attached hydrogens (tertiary/aromatic N) is 9. The highest BCUT2D eigenvalue weighted by Gasteiger charge is 2.79. The van der Waals surface area contributed by atoms with E-state index >= 15 is 0 Å². The number of aromatic nitrogens is 3. The summed E-state index contributed by atoms with van der Waals surface area (Å²) in [5, 5.41) is 1.95. The molecule has 3 aromatic heterocycles. The van der Waals surface area contributed by atoms with Crippen LogP contribution in [0, 0.1) is 49.9 Å². The van der Waals surface area contributed by atoms with Gasteiger partial charge >= 0.3 is 0 Å². The number of carbonyl (C=O) groups is 9. The average Bonchev–Trinajstić information content (AvgIpc) is 0.676. The lowest BCUT2D eigenvalue weighted by Crippen LogP contribution is -2.78. The van der Waals surface area contributed by atoms with Crippen LogP contribution in [0.25, 0.3) is 0 Å². The van der Waals surface area contributed by atoms with E-state index in [2.05, 4.69) is 15.0 Å². The largest absolute Gasteiger partial charge is 0.369 e. The van der Waals surface area contributed by atoms with Gasteiger partial charge in [0.1, 0.15) is 37.8 Å². The van der Waals surface area contributed by atoms with Gasteiger partial charge in [0.05, 0.1) is 31.3 Å². The molecule has 9 saturated carbocycles. The maximum Gasteiger partial charge on any atom is 0.252 e. The van der Waals surface area contributed by atoms with E-state index in [4.69, 9.17) is 86.8 Å². The molecule has 0 radical (unpaired) electrons. The third kappa shape index (κ3) is 11.7. The summed E-state index contributed by atoms with van der Waals surface area (Å²) in [6.45, 7) is -0.436. The van der Waals surface area contributed by atoms with Crippen LogP contribution in [0.2, 0.25) is 30.1 Å². The van der Waals surface area contributed by atoms with Gasteiger partial charge in [-0.05, 0) is 129 Å². The van der Waals surface area contributed by atoms with Crippen LogP contribution in [0.3, 0.4) is 0 Å². The molecule has 18 rings (SSSR count). The number of rotatable bonds is 15. The molecule has 12 aliphatic rings. The monoisotopic (exact) mass is 1440 g/mol. The van der Waals surface area contributed by atoms with Crippen LogP contribution in [-0.2, 0) is 62.8 Å². The molecule has 30 heteroatoms. The van der Waals surface area contributed by atoms with Crippen LogP contribution in [-0.4, -0.2) is 121 Å². The van der Waals surface area contributed by atoms with E-state index in [1.807, 2.05) is 0 Å². The zero-order chi connectivity index (χ0) is 68.5. The van der Waals surface area contributed by atoms with Crippen LogP contribution in [0.1, 0.15) is 81.9 Å². The maximum absolute atomic E-state index is 14.6. The molecule has 6 heterocycles. The zero-order valence-corrected chi connectivity index (χ0v) is 55.1. The number of carbonyl (C=O) groups excluding carboxylic acids is 9. The summed E-state index contributed by atoms with van der Waals surface area (Å²) in [4.78, 5) is 136. The van der Waals surface area contributed by atoms with Gasteiger partial charge in [-0.2, -0.15) is 0 Å². The SMILES string of the molecule is C.NC(=O)C12CC(C3C(=O)N(c4ncc(Cl)cc4F)CC(=O)N3Cc3ccc(Cl)cc3)(C1)C2.NC(=O)C12CC([C@@H]3C(=O)N(c4ncc(Cl)cc4F)CC(=O)N3Cc3ccc(Cl)cc3)(C1)C2.NC(=O)C12CC([C@H]3C(=O)N(c4ncc(Cl)cc4F)CC(=O)N3Cc3ccc(Cl)cc3)(C1)C2. The molecule has 6 aromatic rings. The lowest BCUT2D eigenvalue weighted by Gasteiger charge is -2.72. The molecule has 3 saturated heterocycles. The van der Waals surface area contributed by atoms with E-state index in [0.29, 0.717) is 72.9 Å². The number of anilines is 3. The van der Waals surface area contributed by atoms with Gasteiger partial charge in [-0.15, -0.1) is 0 Å². The Hall–Kier alpha value is -8.13. The predicted octanol–water partition coefficient (Wildman–Crippen LogP) is 9.42. The second kappa shape index (κ2) is 25.0. The number of hydrogen-bond donors (Lipinski definition) is 3. The van der Waals surface area contributed by atoms with E-state index in [1.165, 1.54) is 33.3 Å². The number of halogens is 9. The molecule has 9 amide bonds. The van der Waals surface area contributed by atoms with Gasteiger partial charge in [0.25, 0.3) is 17.7 Å². The molecule has 0 spiro atoms. The van der Waals surface area contributed by atoms with Crippen molar-refractivity contribution in [1.82, 2.24) is 29.7 Å². The van der Waals surface area contributed by atoms with Crippen molar-refractivity contribution >= 4 is 140 Å². The number of pyridine rings is 3. The fraction of sp³-hybridized carbons (Fsp3) is 0.373. The highest BCUT2D eigenvalue weighted by molar-refractivity contribution is 6.32. The number of hydrogen-bond acceptors (Lipinski definition) is 12. The first-order valence-corrected chi connectivity index (χ1v) is 32.6. The minimum Gasteiger partial charge on any atom is -0.369 e. The first kappa shape index (κ1) is 68.8. The van der Waals surface area contributed by atoms with E-state index in [0.717, 1.165) is 49.6 Å². The van der Waals surface area contributed by atoms with Crippen LogP contribution < -0.4 is 31.9 Å². The molecular weight excluding hydrogens is 1390 g/mol. The van der Waals surface area contributed by atoms with Gasteiger partial charge in [0, 0.05) is 69.5 Å². The topological polar surface area (TPSA) is 290 Å². The van der Waals surface area contributed by atoms with Gasteiger partial charge in [-0.3, -0.25) is 57.9 Å². The summed E-state index contributed by atoms with van der Waals surface area (Å²) in [7, 11) is 0. The van der Waals surface area contributed by atoms with Crippen molar-refractivity contribution in [3.63, 3.8) is 0 Å². The Labute approximate surface area is 583 Å². The molecule has 97 heavy (non-hydrogen) atoms. The van der Waals surface area contributed by atoms with Crippen LogP contribution >= 0.6 is 69.6 Å². The average molecular weight is 1450 g/mol. The van der Waals surface area contributed by atoms with Crippen molar-refractivity contribution in [1.29, 1.82) is 0 Å². The molecule has 12 fully saturated rings. The summed E-state index contributed by atoms with van der Waals surface area (Å²) >= 11 is 35.3. The minimum atomic E-state index is -0.850. The predicted molar refractivity (Wildman–Crippen MR) is 353 cm³/mol. The quantitative estimate of drug-likeness (QED) is 0.0866. The van der Waals surface area contributed by atoms with E-state index in [1.54, 1.807) is 72.8 Å². The minimum absolute atomic E-state index is 0. The number of nitrogens with two attached hydrogens (primary N) is 3. The molecule has 1 unspecified atom stereocenters. The molecular formula is C67H61Cl6F3N12O9. The Morgan fingerprint density at radius 1 is 0.392 bits per heavy atom. The smallest absolute Gasteiger partial charge is 0.252 e. The molecule has 3 aliphatic heterocycles. The van der Waals surface area contributed by atoms with Crippen molar-refractivity contribution < 1.29 is 56.3 Å². The van der Waals surface area contributed by atoms with Gasteiger partial charge in [0.15, 0.2) is 34.9 Å². The Morgan fingerprint density at radius 3 is 0.804 bits per heavy atom. The van der Waals surface area contributed by atoms with Gasteiger partial charge in [-0.1, -0.05) is 113 Å². The molecule has 3 aromatic carbocycles. The summed E-state index contributed by atoms with van der Waals surface area (Å²) in [6.07, 6.45) is 7.58. The first-order chi connectivity index (χ1) is 45.4. The second-order valence-corrected chi connectivity index (χ2v) is 29.5. The number of piperazine rings is 3. The highest BCUT2D eigenvalue weighted by Crippen LogP contribution is 2.77. The second-order valence-electron chi connectivity index (χ2n) is 26.9. The van der Waals surface area contributed by atoms with E-state index < -0.39 is 85.8 Å². The molecule has 6 bridgehead atoms.